The Labute approximate surface area is 186 Å². The van der Waals surface area contributed by atoms with Crippen molar-refractivity contribution in [3.63, 3.8) is 0 Å². The molecule has 7 heteroatoms. The molecule has 2 heterocycles. The van der Waals surface area contributed by atoms with E-state index in [4.69, 9.17) is 0 Å². The third kappa shape index (κ3) is 4.77. The molecule has 1 N–H and O–H groups in total. The topological polar surface area (TPSA) is 72.7 Å². The van der Waals surface area contributed by atoms with Crippen molar-refractivity contribution in [2.24, 2.45) is 0 Å². The van der Waals surface area contributed by atoms with E-state index in [0.29, 0.717) is 25.2 Å². The smallest absolute Gasteiger partial charge is 0.225 e. The predicted molar refractivity (Wildman–Crippen MR) is 126 cm³/mol. The van der Waals surface area contributed by atoms with Crippen LogP contribution in [0.5, 0.6) is 0 Å². The van der Waals surface area contributed by atoms with Gasteiger partial charge in [-0.2, -0.15) is 5.10 Å². The van der Waals surface area contributed by atoms with Crippen LogP contribution in [-0.4, -0.2) is 31.9 Å². The minimum Gasteiger partial charge on any atom is -0.311 e. The molecule has 4 aromatic rings. The summed E-state index contributed by atoms with van der Waals surface area (Å²) in [6.45, 7) is 4.54. The van der Waals surface area contributed by atoms with Crippen molar-refractivity contribution >= 4 is 34.3 Å². The van der Waals surface area contributed by atoms with Crippen LogP contribution in [0.3, 0.4) is 0 Å². The number of aryl methyl sites for hydroxylation is 2. The van der Waals surface area contributed by atoms with Gasteiger partial charge in [0.15, 0.2) is 5.16 Å². The number of aromatic nitrogens is 4. The Hall–Kier alpha value is -3.19. The zero-order valence-corrected chi connectivity index (χ0v) is 18.7. The zero-order chi connectivity index (χ0) is 21.8. The lowest BCUT2D eigenvalue weighted by Crippen LogP contribution is -2.17. The van der Waals surface area contributed by atoms with Crippen LogP contribution in [0.2, 0.25) is 0 Å². The van der Waals surface area contributed by atoms with Crippen LogP contribution < -0.4 is 5.32 Å². The molecule has 0 fully saturated rings. The van der Waals surface area contributed by atoms with E-state index in [0.717, 1.165) is 27.7 Å². The summed E-state index contributed by atoms with van der Waals surface area (Å²) < 4.78 is 1.83. The molecule has 0 unspecified atom stereocenters. The number of amides is 1. The van der Waals surface area contributed by atoms with E-state index in [9.17, 15) is 4.79 Å². The van der Waals surface area contributed by atoms with Gasteiger partial charge in [0.1, 0.15) is 5.82 Å². The van der Waals surface area contributed by atoms with Crippen molar-refractivity contribution in [2.75, 3.05) is 11.6 Å². The number of thioether (sulfide) groups is 1. The molecule has 0 saturated carbocycles. The molecule has 2 aromatic carbocycles. The van der Waals surface area contributed by atoms with Gasteiger partial charge in [0, 0.05) is 23.9 Å². The minimum atomic E-state index is -0.0487. The molecule has 2 aromatic heterocycles. The second-order valence-corrected chi connectivity index (χ2v) is 8.19. The number of nitrogens with one attached hydrogen (secondary N) is 1. The molecule has 0 saturated heterocycles. The first kappa shape index (κ1) is 21.1. The molecule has 0 atom stereocenters. The van der Waals surface area contributed by atoms with Crippen molar-refractivity contribution in [3.8, 4) is 0 Å². The number of hydrogen-bond acceptors (Lipinski definition) is 5. The summed E-state index contributed by atoms with van der Waals surface area (Å²) in [5.41, 5.74) is 4.07. The Morgan fingerprint density at radius 1 is 1.03 bits per heavy atom. The molecule has 0 radical (unpaired) electrons. The van der Waals surface area contributed by atoms with Crippen molar-refractivity contribution in [1.29, 1.82) is 0 Å². The Bertz CT molecular complexity index is 1210. The molecule has 0 aliphatic rings. The third-order valence-electron chi connectivity index (χ3n) is 5.37. The summed E-state index contributed by atoms with van der Waals surface area (Å²) in [6, 6.07) is 16.4. The van der Waals surface area contributed by atoms with E-state index in [1.54, 1.807) is 6.20 Å². The highest BCUT2D eigenvalue weighted by Crippen LogP contribution is 2.21. The average Bonchev–Trinajstić information content (AvgIpc) is 3.19. The molecule has 6 nitrogen and oxygen atoms in total. The lowest BCUT2D eigenvalue weighted by atomic mass is 10.0. The molecular weight excluding hydrogens is 406 g/mol. The largest absolute Gasteiger partial charge is 0.311 e. The molecule has 4 rings (SSSR count). The molecule has 0 bridgehead atoms. The maximum absolute atomic E-state index is 12.6. The minimum absolute atomic E-state index is 0.0487. The number of nitrogens with zero attached hydrogens (tertiary/aromatic N) is 4. The average molecular weight is 432 g/mol. The highest BCUT2D eigenvalue weighted by Gasteiger charge is 2.13. The van der Waals surface area contributed by atoms with E-state index in [1.807, 2.05) is 43.0 Å². The lowest BCUT2D eigenvalue weighted by Gasteiger charge is -2.12. The number of rotatable bonds is 7. The highest BCUT2D eigenvalue weighted by molar-refractivity contribution is 7.98. The van der Waals surface area contributed by atoms with Crippen molar-refractivity contribution in [1.82, 2.24) is 19.7 Å². The molecule has 31 heavy (non-hydrogen) atoms. The van der Waals surface area contributed by atoms with E-state index < -0.39 is 0 Å². The van der Waals surface area contributed by atoms with E-state index in [-0.39, 0.29) is 5.91 Å². The van der Waals surface area contributed by atoms with E-state index >= 15 is 0 Å². The maximum Gasteiger partial charge on any atom is 0.225 e. The summed E-state index contributed by atoms with van der Waals surface area (Å²) >= 11 is 1.52. The number of benzene rings is 2. The molecular formula is C24H25N5OS. The first-order chi connectivity index (χ1) is 15.0. The van der Waals surface area contributed by atoms with Gasteiger partial charge in [0.05, 0.1) is 12.7 Å². The van der Waals surface area contributed by atoms with Crippen LogP contribution in [0.4, 0.5) is 5.82 Å². The third-order valence-corrected chi connectivity index (χ3v) is 5.92. The van der Waals surface area contributed by atoms with Crippen molar-refractivity contribution in [2.45, 2.75) is 38.4 Å². The van der Waals surface area contributed by atoms with Gasteiger partial charge < -0.3 is 5.32 Å². The van der Waals surface area contributed by atoms with Crippen LogP contribution in [0, 0.1) is 13.8 Å². The Morgan fingerprint density at radius 2 is 1.77 bits per heavy atom. The van der Waals surface area contributed by atoms with Gasteiger partial charge in [0.2, 0.25) is 5.91 Å². The SMILES string of the molecule is CSc1nc(C)c(CCC(=O)Nc2ccnn2Cc2cccc3ccccc23)c(C)n1. The number of fused-ring (bicyclic) bond motifs is 1. The second-order valence-electron chi connectivity index (χ2n) is 7.42. The van der Waals surface area contributed by atoms with Crippen LogP contribution in [-0.2, 0) is 17.8 Å². The number of hydrogen-bond donors (Lipinski definition) is 1. The summed E-state index contributed by atoms with van der Waals surface area (Å²) in [5, 5.41) is 10.6. The second kappa shape index (κ2) is 9.31. The predicted octanol–water partition coefficient (Wildman–Crippen LogP) is 4.78. The van der Waals surface area contributed by atoms with Gasteiger partial charge in [0.25, 0.3) is 0 Å². The first-order valence-corrected chi connectivity index (χ1v) is 11.4. The van der Waals surface area contributed by atoms with Gasteiger partial charge in [-0.1, -0.05) is 54.2 Å². The molecule has 0 aliphatic carbocycles. The molecule has 0 spiro atoms. The van der Waals surface area contributed by atoms with Gasteiger partial charge in [-0.3, -0.25) is 4.79 Å². The fraction of sp³-hybridized carbons (Fsp3) is 0.250. The van der Waals surface area contributed by atoms with E-state index in [2.05, 4.69) is 50.7 Å². The number of carbonyl (C=O) groups is 1. The Balaban J connectivity index is 1.44. The number of carbonyl (C=O) groups excluding carboxylic acids is 1. The van der Waals surface area contributed by atoms with E-state index in [1.165, 1.54) is 22.5 Å². The summed E-state index contributed by atoms with van der Waals surface area (Å²) in [7, 11) is 0. The molecule has 158 valence electrons. The maximum atomic E-state index is 12.6. The summed E-state index contributed by atoms with van der Waals surface area (Å²) in [6.07, 6.45) is 4.64. The first-order valence-electron chi connectivity index (χ1n) is 10.2. The van der Waals surface area contributed by atoms with Gasteiger partial charge in [-0.25, -0.2) is 14.6 Å². The van der Waals surface area contributed by atoms with Crippen LogP contribution >= 0.6 is 11.8 Å². The Kier molecular flexibility index (Phi) is 6.32. The van der Waals surface area contributed by atoms with Crippen LogP contribution in [0.25, 0.3) is 10.8 Å². The standard InChI is InChI=1S/C24H25N5OS/c1-16-20(17(2)27-24(26-16)31-3)11-12-23(30)28-22-13-14-25-29(22)15-19-9-6-8-18-7-4-5-10-21(18)19/h4-10,13-14H,11-12,15H2,1-3H3,(H,28,30). The van der Waals surface area contributed by atoms with Crippen LogP contribution in [0.1, 0.15) is 28.9 Å². The zero-order valence-electron chi connectivity index (χ0n) is 17.9. The fourth-order valence-electron chi connectivity index (χ4n) is 3.76. The summed E-state index contributed by atoms with van der Waals surface area (Å²) in [5.74, 6) is 0.646. The Morgan fingerprint density at radius 3 is 2.55 bits per heavy atom. The highest BCUT2D eigenvalue weighted by atomic mass is 32.2. The van der Waals surface area contributed by atoms with Crippen LogP contribution in [0.15, 0.2) is 59.9 Å². The van der Waals surface area contributed by atoms with Gasteiger partial charge in [-0.05, 0) is 48.4 Å². The molecule has 1 amide bonds. The monoisotopic (exact) mass is 431 g/mol. The quantitative estimate of drug-likeness (QED) is 0.337. The lowest BCUT2D eigenvalue weighted by molar-refractivity contribution is -0.116. The van der Waals surface area contributed by atoms with Gasteiger partial charge >= 0.3 is 0 Å². The normalized spacial score (nSPS) is 11.1. The van der Waals surface area contributed by atoms with Crippen molar-refractivity contribution in [3.05, 3.63) is 77.2 Å². The van der Waals surface area contributed by atoms with Crippen molar-refractivity contribution < 1.29 is 4.79 Å². The fourth-order valence-corrected chi connectivity index (χ4v) is 4.22. The number of anilines is 1. The molecule has 0 aliphatic heterocycles. The summed E-state index contributed by atoms with van der Waals surface area (Å²) in [4.78, 5) is 21.6. The van der Waals surface area contributed by atoms with Gasteiger partial charge in [-0.15, -0.1) is 0 Å².